The molecule has 1 unspecified atom stereocenters. The zero-order valence-corrected chi connectivity index (χ0v) is 24.8. The zero-order chi connectivity index (χ0) is 29.2. The standard InChI is InChI=1S/C18H26N2O2.C13H14N2O2S/c1-14(2)17(18(22)20-10-6-7-11-20)19(3)12-15-8-4-5-9-16(15)13-21;1-8-13(18-7-15-8)10-3-4-11(12(17)5-10)6-14-9(2)16/h4-5,8-9,13-14,17H,6-7,10-12H2,1-3H3;3-5,7,17H,6H2,1-2H3,(H,14,16). The minimum Gasteiger partial charge on any atom is -0.508 e. The number of aromatic nitrogens is 1. The van der Waals surface area contributed by atoms with E-state index in [1.54, 1.807) is 22.9 Å². The lowest BCUT2D eigenvalue weighted by atomic mass is 10.00. The normalized spacial score (nSPS) is 13.6. The van der Waals surface area contributed by atoms with Crippen molar-refractivity contribution in [1.82, 2.24) is 20.1 Å². The van der Waals surface area contributed by atoms with Gasteiger partial charge in [0, 0.05) is 44.2 Å². The third-order valence-corrected chi connectivity index (χ3v) is 7.98. The van der Waals surface area contributed by atoms with Gasteiger partial charge in [-0.05, 0) is 49.9 Å². The number of nitrogens with one attached hydrogen (secondary N) is 1. The number of hydrogen-bond acceptors (Lipinski definition) is 7. The molecule has 2 aromatic carbocycles. The number of aryl methyl sites for hydroxylation is 1. The molecule has 9 heteroatoms. The molecule has 0 radical (unpaired) electrons. The van der Waals surface area contributed by atoms with Crippen LogP contribution in [0.15, 0.2) is 48.0 Å². The molecular weight excluding hydrogens is 524 g/mol. The van der Waals surface area contributed by atoms with Gasteiger partial charge in [-0.25, -0.2) is 4.98 Å². The third kappa shape index (κ3) is 8.22. The SMILES string of the molecule is CC(=O)NCc1ccc(-c2scnc2C)cc1O.CC(C)C(C(=O)N1CCCC1)N(C)Cc1ccccc1C=O. The summed E-state index contributed by atoms with van der Waals surface area (Å²) in [5.74, 6) is 0.533. The van der Waals surface area contributed by atoms with Gasteiger partial charge in [0.2, 0.25) is 11.8 Å². The third-order valence-electron chi connectivity index (χ3n) is 7.00. The minimum atomic E-state index is -0.141. The molecule has 0 bridgehead atoms. The van der Waals surface area contributed by atoms with E-state index in [0.29, 0.717) is 24.2 Å². The molecule has 4 rings (SSSR count). The first-order valence-electron chi connectivity index (χ1n) is 13.6. The van der Waals surface area contributed by atoms with Crippen molar-refractivity contribution in [3.05, 3.63) is 70.4 Å². The number of phenolic OH excluding ortho intramolecular Hbond substituents is 1. The van der Waals surface area contributed by atoms with Crippen molar-refractivity contribution in [2.75, 3.05) is 20.1 Å². The quantitative estimate of drug-likeness (QED) is 0.353. The van der Waals surface area contributed by atoms with Gasteiger partial charge in [0.25, 0.3) is 0 Å². The average Bonchev–Trinajstić information content (AvgIpc) is 3.60. The summed E-state index contributed by atoms with van der Waals surface area (Å²) in [5.41, 5.74) is 6.06. The van der Waals surface area contributed by atoms with Gasteiger partial charge in [-0.2, -0.15) is 0 Å². The first kappa shape index (κ1) is 31.0. The molecule has 1 saturated heterocycles. The predicted molar refractivity (Wildman–Crippen MR) is 159 cm³/mol. The molecule has 2 heterocycles. The van der Waals surface area contributed by atoms with Crippen molar-refractivity contribution < 1.29 is 19.5 Å². The number of benzene rings is 2. The van der Waals surface area contributed by atoms with Gasteiger partial charge < -0.3 is 15.3 Å². The summed E-state index contributed by atoms with van der Waals surface area (Å²) in [7, 11) is 1.97. The Morgan fingerprint density at radius 1 is 1.15 bits per heavy atom. The van der Waals surface area contributed by atoms with E-state index in [2.05, 4.69) is 29.0 Å². The summed E-state index contributed by atoms with van der Waals surface area (Å²) < 4.78 is 0. The van der Waals surface area contributed by atoms with Crippen molar-refractivity contribution in [3.8, 4) is 16.2 Å². The summed E-state index contributed by atoms with van der Waals surface area (Å²) in [6.45, 7) is 10.3. The summed E-state index contributed by atoms with van der Waals surface area (Å²) in [4.78, 5) is 44.1. The van der Waals surface area contributed by atoms with Crippen LogP contribution in [0, 0.1) is 12.8 Å². The number of hydrogen-bond donors (Lipinski definition) is 2. The number of nitrogens with zero attached hydrogens (tertiary/aromatic N) is 3. The molecule has 0 aliphatic carbocycles. The molecule has 2 N–H and O–H groups in total. The van der Waals surface area contributed by atoms with Gasteiger partial charge in [0.1, 0.15) is 12.0 Å². The van der Waals surface area contributed by atoms with Crippen molar-refractivity contribution in [3.63, 3.8) is 0 Å². The van der Waals surface area contributed by atoms with Gasteiger partial charge >= 0.3 is 0 Å². The first-order valence-corrected chi connectivity index (χ1v) is 14.5. The van der Waals surface area contributed by atoms with Crippen LogP contribution in [-0.4, -0.2) is 64.2 Å². The van der Waals surface area contributed by atoms with E-state index in [-0.39, 0.29) is 29.5 Å². The summed E-state index contributed by atoms with van der Waals surface area (Å²) in [5, 5.41) is 12.6. The van der Waals surface area contributed by atoms with E-state index in [9.17, 15) is 19.5 Å². The molecular formula is C31H40N4O4S. The van der Waals surface area contributed by atoms with Gasteiger partial charge in [-0.3, -0.25) is 19.3 Å². The Labute approximate surface area is 241 Å². The molecule has 0 saturated carbocycles. The monoisotopic (exact) mass is 564 g/mol. The van der Waals surface area contributed by atoms with E-state index in [4.69, 9.17) is 0 Å². The Balaban J connectivity index is 0.000000225. The smallest absolute Gasteiger partial charge is 0.240 e. The van der Waals surface area contributed by atoms with Crippen molar-refractivity contribution in [2.45, 2.75) is 59.7 Å². The lowest BCUT2D eigenvalue weighted by Crippen LogP contribution is -2.49. The fourth-order valence-electron chi connectivity index (χ4n) is 4.92. The molecule has 214 valence electrons. The topological polar surface area (TPSA) is 103 Å². The van der Waals surface area contributed by atoms with Gasteiger partial charge in [0.05, 0.1) is 22.1 Å². The lowest BCUT2D eigenvalue weighted by molar-refractivity contribution is -0.137. The van der Waals surface area contributed by atoms with Crippen LogP contribution in [0.1, 0.15) is 60.8 Å². The van der Waals surface area contributed by atoms with Gasteiger partial charge in [0.15, 0.2) is 0 Å². The van der Waals surface area contributed by atoms with Gasteiger partial charge in [-0.15, -0.1) is 11.3 Å². The number of phenols is 1. The van der Waals surface area contributed by atoms with Crippen LogP contribution in [0.5, 0.6) is 5.75 Å². The molecule has 0 spiro atoms. The fraction of sp³-hybridized carbons (Fsp3) is 0.419. The van der Waals surface area contributed by atoms with Crippen LogP contribution >= 0.6 is 11.3 Å². The maximum atomic E-state index is 12.8. The van der Waals surface area contributed by atoms with E-state index in [0.717, 1.165) is 53.9 Å². The largest absolute Gasteiger partial charge is 0.508 e. The maximum Gasteiger partial charge on any atom is 0.240 e. The molecule has 1 aromatic heterocycles. The molecule has 1 aliphatic rings. The van der Waals surface area contributed by atoms with E-state index in [1.165, 1.54) is 6.92 Å². The van der Waals surface area contributed by atoms with Crippen LogP contribution in [-0.2, 0) is 22.7 Å². The Kier molecular flexibility index (Phi) is 11.4. The number of carbonyl (C=O) groups excluding carboxylic acids is 3. The summed E-state index contributed by atoms with van der Waals surface area (Å²) in [6.07, 6.45) is 3.10. The highest BCUT2D eigenvalue weighted by Gasteiger charge is 2.32. The van der Waals surface area contributed by atoms with E-state index < -0.39 is 0 Å². The molecule has 40 heavy (non-hydrogen) atoms. The highest BCUT2D eigenvalue weighted by Crippen LogP contribution is 2.31. The maximum absolute atomic E-state index is 12.8. The number of amides is 2. The summed E-state index contributed by atoms with van der Waals surface area (Å²) >= 11 is 1.54. The van der Waals surface area contributed by atoms with Crippen molar-refractivity contribution in [2.24, 2.45) is 5.92 Å². The Hall–Kier alpha value is -3.56. The highest BCUT2D eigenvalue weighted by molar-refractivity contribution is 7.13. The Morgan fingerprint density at radius 3 is 2.42 bits per heavy atom. The number of rotatable bonds is 9. The van der Waals surface area contributed by atoms with Crippen LogP contribution in [0.3, 0.4) is 0 Å². The molecule has 1 fully saturated rings. The zero-order valence-electron chi connectivity index (χ0n) is 24.0. The Bertz CT molecular complexity index is 1300. The van der Waals surface area contributed by atoms with Crippen LogP contribution in [0.25, 0.3) is 10.4 Å². The molecule has 1 aliphatic heterocycles. The fourth-order valence-corrected chi connectivity index (χ4v) is 5.72. The second-order valence-electron chi connectivity index (χ2n) is 10.5. The van der Waals surface area contributed by atoms with Crippen molar-refractivity contribution >= 4 is 29.4 Å². The van der Waals surface area contributed by atoms with Crippen LogP contribution in [0.4, 0.5) is 0 Å². The first-order chi connectivity index (χ1) is 19.1. The number of aromatic hydroxyl groups is 1. The predicted octanol–water partition coefficient (Wildman–Crippen LogP) is 5.04. The van der Waals surface area contributed by atoms with Crippen LogP contribution < -0.4 is 5.32 Å². The minimum absolute atomic E-state index is 0.114. The van der Waals surface area contributed by atoms with Gasteiger partial charge in [-0.1, -0.05) is 50.2 Å². The number of aldehydes is 1. The molecule has 8 nitrogen and oxygen atoms in total. The highest BCUT2D eigenvalue weighted by atomic mass is 32.1. The number of likely N-dealkylation sites (N-methyl/N-ethyl adjacent to an activating group) is 1. The van der Waals surface area contributed by atoms with E-state index >= 15 is 0 Å². The second-order valence-corrected chi connectivity index (χ2v) is 11.3. The average molecular weight is 565 g/mol. The molecule has 2 amide bonds. The number of likely N-dealkylation sites (tertiary alicyclic amines) is 1. The number of thiazole rings is 1. The van der Waals surface area contributed by atoms with E-state index in [1.807, 2.05) is 55.3 Å². The second kappa shape index (κ2) is 14.7. The summed E-state index contributed by atoms with van der Waals surface area (Å²) in [6, 6.07) is 12.9. The lowest BCUT2D eigenvalue weighted by Gasteiger charge is -2.33. The number of carbonyl (C=O) groups is 3. The molecule has 1 atom stereocenters. The van der Waals surface area contributed by atoms with Crippen LogP contribution in [0.2, 0.25) is 0 Å². The Morgan fingerprint density at radius 2 is 1.85 bits per heavy atom. The molecule has 3 aromatic rings. The van der Waals surface area contributed by atoms with Crippen molar-refractivity contribution in [1.29, 1.82) is 0 Å².